The van der Waals surface area contributed by atoms with Crippen molar-refractivity contribution in [1.29, 1.82) is 0 Å². The molecule has 1 atom stereocenters. The van der Waals surface area contributed by atoms with Crippen LogP contribution >= 0.6 is 34.5 Å². The minimum absolute atomic E-state index is 0.268. The lowest BCUT2D eigenvalue weighted by Gasteiger charge is -2.14. The first-order chi connectivity index (χ1) is 9.25. The van der Waals surface area contributed by atoms with Crippen LogP contribution in [0.4, 0.5) is 0 Å². The second-order valence-corrected chi connectivity index (χ2v) is 5.91. The van der Waals surface area contributed by atoms with Gasteiger partial charge in [0.1, 0.15) is 0 Å². The Hall–Kier alpha value is -0.900. The van der Waals surface area contributed by atoms with Crippen LogP contribution in [0.25, 0.3) is 0 Å². The van der Waals surface area contributed by atoms with Gasteiger partial charge in [0.15, 0.2) is 11.5 Å². The first kappa shape index (κ1) is 13.1. The highest BCUT2D eigenvalue weighted by Crippen LogP contribution is 2.41. The molecule has 0 N–H and O–H groups in total. The normalized spacial score (nSPS) is 15.9. The van der Waals surface area contributed by atoms with Crippen molar-refractivity contribution >= 4 is 34.5 Å². The van der Waals surface area contributed by atoms with E-state index in [0.717, 1.165) is 23.3 Å². The highest BCUT2D eigenvalue weighted by molar-refractivity contribution is 7.08. The van der Waals surface area contributed by atoms with Gasteiger partial charge in [0.2, 0.25) is 0 Å². The van der Waals surface area contributed by atoms with Crippen molar-refractivity contribution in [2.45, 2.75) is 11.8 Å². The van der Waals surface area contributed by atoms with Crippen LogP contribution in [0.2, 0.25) is 5.02 Å². The average molecular weight is 315 g/mol. The fraction of sp³-hybridized carbons (Fsp3) is 0.286. The molecule has 0 spiro atoms. The molecule has 2 heterocycles. The van der Waals surface area contributed by atoms with E-state index in [1.165, 1.54) is 0 Å². The Morgan fingerprint density at radius 2 is 1.89 bits per heavy atom. The van der Waals surface area contributed by atoms with Gasteiger partial charge < -0.3 is 9.47 Å². The number of rotatable bonds is 2. The van der Waals surface area contributed by atoms with Gasteiger partial charge in [-0.3, -0.25) is 0 Å². The highest BCUT2D eigenvalue weighted by atomic mass is 35.5. The van der Waals surface area contributed by atoms with Crippen molar-refractivity contribution in [2.75, 3.05) is 13.2 Å². The van der Waals surface area contributed by atoms with E-state index in [4.69, 9.17) is 32.7 Å². The minimum Gasteiger partial charge on any atom is -0.490 e. The third-order valence-corrected chi connectivity index (χ3v) is 4.49. The van der Waals surface area contributed by atoms with Crippen molar-refractivity contribution in [3.05, 3.63) is 45.1 Å². The Balaban J connectivity index is 2.00. The summed E-state index contributed by atoms with van der Waals surface area (Å²) in [6.07, 6.45) is 0.871. The van der Waals surface area contributed by atoms with Gasteiger partial charge in [0.25, 0.3) is 0 Å². The van der Waals surface area contributed by atoms with Crippen LogP contribution in [-0.4, -0.2) is 13.2 Å². The largest absolute Gasteiger partial charge is 0.490 e. The lowest BCUT2D eigenvalue weighted by Crippen LogP contribution is -1.97. The molecule has 1 aliphatic rings. The van der Waals surface area contributed by atoms with Crippen LogP contribution in [0.15, 0.2) is 29.0 Å². The van der Waals surface area contributed by atoms with Crippen molar-refractivity contribution in [2.24, 2.45) is 0 Å². The standard InChI is InChI=1S/C14H12Cl2O2S/c15-11-7-13-12(17-3-1-4-18-13)6-10(11)14(16)9-2-5-19-8-9/h2,5-8,14H,1,3-4H2. The molecule has 2 nitrogen and oxygen atoms in total. The van der Waals surface area contributed by atoms with Crippen LogP contribution in [0, 0.1) is 0 Å². The second kappa shape index (κ2) is 5.61. The number of ether oxygens (including phenoxy) is 2. The minimum atomic E-state index is -0.268. The fourth-order valence-corrected chi connectivity index (χ4v) is 3.39. The van der Waals surface area contributed by atoms with E-state index < -0.39 is 0 Å². The molecule has 0 fully saturated rings. The van der Waals surface area contributed by atoms with Crippen molar-refractivity contribution in [1.82, 2.24) is 0 Å². The van der Waals surface area contributed by atoms with Gasteiger partial charge in [-0.1, -0.05) is 11.6 Å². The average Bonchev–Trinajstić information content (AvgIpc) is 2.84. The third kappa shape index (κ3) is 2.69. The van der Waals surface area contributed by atoms with E-state index in [2.05, 4.69) is 0 Å². The van der Waals surface area contributed by atoms with Gasteiger partial charge in [0, 0.05) is 17.5 Å². The van der Waals surface area contributed by atoms with Crippen LogP contribution in [0.5, 0.6) is 11.5 Å². The molecule has 0 aliphatic carbocycles. The quantitative estimate of drug-likeness (QED) is 0.735. The number of halogens is 2. The molecule has 3 rings (SSSR count). The first-order valence-corrected chi connectivity index (χ1v) is 7.76. The summed E-state index contributed by atoms with van der Waals surface area (Å²) < 4.78 is 11.3. The maximum absolute atomic E-state index is 6.49. The molecule has 2 aromatic rings. The number of alkyl halides is 1. The predicted molar refractivity (Wildman–Crippen MR) is 79.1 cm³/mol. The highest BCUT2D eigenvalue weighted by Gasteiger charge is 2.20. The zero-order valence-corrected chi connectivity index (χ0v) is 12.4. The lowest BCUT2D eigenvalue weighted by atomic mass is 10.1. The summed E-state index contributed by atoms with van der Waals surface area (Å²) in [7, 11) is 0. The van der Waals surface area contributed by atoms with Gasteiger partial charge in [-0.2, -0.15) is 11.3 Å². The molecule has 19 heavy (non-hydrogen) atoms. The zero-order chi connectivity index (χ0) is 13.2. The summed E-state index contributed by atoms with van der Waals surface area (Å²) in [5.41, 5.74) is 1.90. The van der Waals surface area contributed by atoms with Gasteiger partial charge in [-0.05, 0) is 34.0 Å². The van der Waals surface area contributed by atoms with Crippen molar-refractivity contribution in [3.63, 3.8) is 0 Å². The summed E-state index contributed by atoms with van der Waals surface area (Å²) in [4.78, 5) is 0. The molecular weight excluding hydrogens is 303 g/mol. The molecule has 0 saturated carbocycles. The van der Waals surface area contributed by atoms with Gasteiger partial charge in [-0.25, -0.2) is 0 Å². The van der Waals surface area contributed by atoms with E-state index >= 15 is 0 Å². The SMILES string of the molecule is Clc1cc2c(cc1C(Cl)c1ccsc1)OCCCO2. The summed E-state index contributed by atoms with van der Waals surface area (Å²) in [6.45, 7) is 1.30. The third-order valence-electron chi connectivity index (χ3n) is 2.98. The Morgan fingerprint density at radius 1 is 1.16 bits per heavy atom. The number of thiophene rings is 1. The molecule has 0 bridgehead atoms. The zero-order valence-electron chi connectivity index (χ0n) is 10.1. The molecule has 1 aliphatic heterocycles. The van der Waals surface area contributed by atoms with E-state index in [0.29, 0.717) is 24.0 Å². The fourth-order valence-electron chi connectivity index (χ4n) is 1.99. The second-order valence-electron chi connectivity index (χ2n) is 4.29. The molecule has 0 amide bonds. The van der Waals surface area contributed by atoms with E-state index in [9.17, 15) is 0 Å². The molecule has 1 aromatic carbocycles. The molecule has 1 unspecified atom stereocenters. The van der Waals surface area contributed by atoms with Crippen LogP contribution in [0.1, 0.15) is 22.9 Å². The first-order valence-electron chi connectivity index (χ1n) is 6.01. The molecule has 0 saturated heterocycles. The predicted octanol–water partition coefficient (Wildman–Crippen LogP) is 4.89. The number of fused-ring (bicyclic) bond motifs is 1. The monoisotopic (exact) mass is 314 g/mol. The summed E-state index contributed by atoms with van der Waals surface area (Å²) in [5, 5.41) is 4.37. The Kier molecular flexibility index (Phi) is 3.87. The smallest absolute Gasteiger partial charge is 0.162 e. The molecular formula is C14H12Cl2O2S. The maximum Gasteiger partial charge on any atom is 0.162 e. The molecule has 100 valence electrons. The van der Waals surface area contributed by atoms with E-state index in [-0.39, 0.29) is 5.38 Å². The van der Waals surface area contributed by atoms with Gasteiger partial charge in [0.05, 0.1) is 18.6 Å². The Bertz CT molecular complexity index is 569. The van der Waals surface area contributed by atoms with Gasteiger partial charge >= 0.3 is 0 Å². The van der Waals surface area contributed by atoms with Crippen molar-refractivity contribution in [3.8, 4) is 11.5 Å². The summed E-state index contributed by atoms with van der Waals surface area (Å²) in [6, 6.07) is 5.68. The number of hydrogen-bond acceptors (Lipinski definition) is 3. The van der Waals surface area contributed by atoms with Crippen LogP contribution < -0.4 is 9.47 Å². The summed E-state index contributed by atoms with van der Waals surface area (Å²) >= 11 is 14.4. The van der Waals surface area contributed by atoms with E-state index in [1.54, 1.807) is 17.4 Å². The van der Waals surface area contributed by atoms with Crippen molar-refractivity contribution < 1.29 is 9.47 Å². The lowest BCUT2D eigenvalue weighted by molar-refractivity contribution is 0.297. The number of hydrogen-bond donors (Lipinski definition) is 0. The molecule has 1 aromatic heterocycles. The Morgan fingerprint density at radius 3 is 2.58 bits per heavy atom. The van der Waals surface area contributed by atoms with Crippen LogP contribution in [-0.2, 0) is 0 Å². The van der Waals surface area contributed by atoms with E-state index in [1.807, 2.05) is 22.9 Å². The molecule has 5 heteroatoms. The summed E-state index contributed by atoms with van der Waals surface area (Å²) in [5.74, 6) is 1.42. The Labute approximate surface area is 125 Å². The maximum atomic E-state index is 6.49. The molecule has 0 radical (unpaired) electrons. The number of benzene rings is 1. The van der Waals surface area contributed by atoms with Gasteiger partial charge in [-0.15, -0.1) is 11.6 Å². The topological polar surface area (TPSA) is 18.5 Å². The van der Waals surface area contributed by atoms with Crippen LogP contribution in [0.3, 0.4) is 0 Å².